The quantitative estimate of drug-likeness (QED) is 0.752. The molecule has 1 aromatic carbocycles. The lowest BCUT2D eigenvalue weighted by Crippen LogP contribution is -2.59. The largest absolute Gasteiger partial charge is 0.504 e. The Balaban J connectivity index is 1.83. The molecule has 2 aliphatic carbocycles. The van der Waals surface area contributed by atoms with Crippen LogP contribution in [0.25, 0.3) is 0 Å². The van der Waals surface area contributed by atoms with Crippen LogP contribution in [0.2, 0.25) is 0 Å². The van der Waals surface area contributed by atoms with Crippen molar-refractivity contribution in [3.63, 3.8) is 0 Å². The zero-order valence-electron chi connectivity index (χ0n) is 16.3. The van der Waals surface area contributed by atoms with Gasteiger partial charge in [0.2, 0.25) is 0 Å². The fourth-order valence-corrected chi connectivity index (χ4v) is 6.79. The standard InChI is InChI=1S/C22H32O3/c1-20(2)8-6-9-22(4)17(20)7-10-21(3)15-11-14(24-5)12-16(23)19(15)25-13-18(21)22/h11-12,17-18,23H,6-10,13H2,1-5H3/t17-,18-,21-,22-/m0/s1. The maximum Gasteiger partial charge on any atom is 0.164 e. The normalized spacial score (nSPS) is 38.8. The Morgan fingerprint density at radius 1 is 1.08 bits per heavy atom. The molecule has 4 rings (SSSR count). The van der Waals surface area contributed by atoms with Crippen LogP contribution in [0.15, 0.2) is 12.1 Å². The van der Waals surface area contributed by atoms with Gasteiger partial charge in [0.1, 0.15) is 5.75 Å². The average Bonchev–Trinajstić information content (AvgIpc) is 2.54. The summed E-state index contributed by atoms with van der Waals surface area (Å²) in [5.41, 5.74) is 1.89. The minimum absolute atomic E-state index is 0.0400. The van der Waals surface area contributed by atoms with E-state index in [1.54, 1.807) is 13.2 Å². The Hall–Kier alpha value is -1.38. The summed E-state index contributed by atoms with van der Waals surface area (Å²) >= 11 is 0. The summed E-state index contributed by atoms with van der Waals surface area (Å²) in [6.45, 7) is 10.5. The van der Waals surface area contributed by atoms with Crippen molar-refractivity contribution in [2.75, 3.05) is 13.7 Å². The highest BCUT2D eigenvalue weighted by molar-refractivity contribution is 5.55. The Kier molecular flexibility index (Phi) is 3.62. The number of ether oxygens (including phenoxy) is 2. The molecule has 3 nitrogen and oxygen atoms in total. The van der Waals surface area contributed by atoms with Crippen LogP contribution in [0.5, 0.6) is 17.2 Å². The van der Waals surface area contributed by atoms with E-state index in [0.717, 1.165) is 23.7 Å². The second kappa shape index (κ2) is 5.31. The molecule has 3 heteroatoms. The Bertz CT molecular complexity index is 695. The molecule has 2 saturated carbocycles. The van der Waals surface area contributed by atoms with Gasteiger partial charge in [0.25, 0.3) is 0 Å². The van der Waals surface area contributed by atoms with Gasteiger partial charge in [0.15, 0.2) is 11.5 Å². The van der Waals surface area contributed by atoms with Crippen molar-refractivity contribution in [3.05, 3.63) is 17.7 Å². The first-order chi connectivity index (χ1) is 11.7. The highest BCUT2D eigenvalue weighted by Gasteiger charge is 2.60. The minimum atomic E-state index is 0.0400. The molecule has 138 valence electrons. The van der Waals surface area contributed by atoms with E-state index in [1.807, 2.05) is 0 Å². The van der Waals surface area contributed by atoms with Gasteiger partial charge >= 0.3 is 0 Å². The molecular formula is C22H32O3. The topological polar surface area (TPSA) is 38.7 Å². The molecule has 3 aliphatic rings. The molecule has 1 heterocycles. The van der Waals surface area contributed by atoms with E-state index in [9.17, 15) is 5.11 Å². The lowest BCUT2D eigenvalue weighted by Gasteiger charge is -2.63. The molecule has 4 atom stereocenters. The van der Waals surface area contributed by atoms with Crippen molar-refractivity contribution >= 4 is 0 Å². The Morgan fingerprint density at radius 2 is 1.84 bits per heavy atom. The number of benzene rings is 1. The number of phenols is 1. The number of hydrogen-bond acceptors (Lipinski definition) is 3. The molecule has 0 unspecified atom stereocenters. The van der Waals surface area contributed by atoms with Crippen molar-refractivity contribution in [2.45, 2.75) is 65.2 Å². The first kappa shape index (κ1) is 17.1. The van der Waals surface area contributed by atoms with Gasteiger partial charge in [-0.15, -0.1) is 0 Å². The van der Waals surface area contributed by atoms with Gasteiger partial charge in [-0.3, -0.25) is 0 Å². The predicted octanol–water partition coefficient (Wildman–Crippen LogP) is 5.29. The SMILES string of the molecule is COc1cc(O)c2c(c1)[C@]1(C)CC[C@H]3C(C)(C)CCC[C@]3(C)[C@H]1CO2. The van der Waals surface area contributed by atoms with Gasteiger partial charge in [-0.25, -0.2) is 0 Å². The number of rotatable bonds is 1. The molecule has 25 heavy (non-hydrogen) atoms. The number of hydrogen-bond donors (Lipinski definition) is 1. The summed E-state index contributed by atoms with van der Waals surface area (Å²) in [6.07, 6.45) is 6.35. The molecule has 0 amide bonds. The molecular weight excluding hydrogens is 312 g/mol. The van der Waals surface area contributed by atoms with E-state index in [1.165, 1.54) is 25.7 Å². The average molecular weight is 344 g/mol. The monoisotopic (exact) mass is 344 g/mol. The van der Waals surface area contributed by atoms with E-state index >= 15 is 0 Å². The molecule has 0 aromatic heterocycles. The fourth-order valence-electron chi connectivity index (χ4n) is 6.79. The van der Waals surface area contributed by atoms with Crippen molar-refractivity contribution in [2.24, 2.45) is 22.7 Å². The van der Waals surface area contributed by atoms with Crippen LogP contribution in [0.1, 0.15) is 65.4 Å². The molecule has 0 spiro atoms. The van der Waals surface area contributed by atoms with Gasteiger partial charge in [-0.05, 0) is 48.5 Å². The smallest absolute Gasteiger partial charge is 0.164 e. The van der Waals surface area contributed by atoms with Crippen LogP contribution in [0, 0.1) is 22.7 Å². The molecule has 1 aliphatic heterocycles. The molecule has 1 N–H and O–H groups in total. The zero-order chi connectivity index (χ0) is 18.0. The number of aromatic hydroxyl groups is 1. The van der Waals surface area contributed by atoms with Crippen molar-refractivity contribution in [3.8, 4) is 17.2 Å². The van der Waals surface area contributed by atoms with Gasteiger partial charge in [0.05, 0.1) is 13.7 Å². The van der Waals surface area contributed by atoms with E-state index < -0.39 is 0 Å². The summed E-state index contributed by atoms with van der Waals surface area (Å²) in [5.74, 6) is 2.84. The van der Waals surface area contributed by atoms with E-state index in [-0.39, 0.29) is 11.2 Å². The van der Waals surface area contributed by atoms with Crippen LogP contribution in [-0.4, -0.2) is 18.8 Å². The van der Waals surface area contributed by atoms with Crippen LogP contribution in [0.3, 0.4) is 0 Å². The Labute approximate surface area is 151 Å². The van der Waals surface area contributed by atoms with Gasteiger partial charge in [0, 0.05) is 23.0 Å². The fraction of sp³-hybridized carbons (Fsp3) is 0.727. The number of fused-ring (bicyclic) bond motifs is 5. The molecule has 0 saturated heterocycles. The lowest BCUT2D eigenvalue weighted by molar-refractivity contribution is -0.123. The highest BCUT2D eigenvalue weighted by atomic mass is 16.5. The van der Waals surface area contributed by atoms with Gasteiger partial charge in [-0.2, -0.15) is 0 Å². The first-order valence-corrected chi connectivity index (χ1v) is 9.77. The third kappa shape index (κ3) is 2.23. The van der Waals surface area contributed by atoms with E-state index in [4.69, 9.17) is 9.47 Å². The number of methoxy groups -OCH3 is 1. The third-order valence-electron chi connectivity index (χ3n) is 8.08. The van der Waals surface area contributed by atoms with E-state index in [2.05, 4.69) is 33.8 Å². The van der Waals surface area contributed by atoms with Crippen molar-refractivity contribution < 1.29 is 14.6 Å². The van der Waals surface area contributed by atoms with Crippen LogP contribution in [-0.2, 0) is 5.41 Å². The summed E-state index contributed by atoms with van der Waals surface area (Å²) < 4.78 is 11.6. The second-order valence-corrected chi connectivity index (χ2v) is 9.74. The number of phenolic OH excluding ortho intramolecular Hbond substituents is 1. The summed E-state index contributed by atoms with van der Waals surface area (Å²) in [6, 6.07) is 3.76. The summed E-state index contributed by atoms with van der Waals surface area (Å²) in [5, 5.41) is 10.4. The van der Waals surface area contributed by atoms with Crippen LogP contribution < -0.4 is 9.47 Å². The first-order valence-electron chi connectivity index (χ1n) is 9.77. The summed E-state index contributed by atoms with van der Waals surface area (Å²) in [4.78, 5) is 0. The van der Waals surface area contributed by atoms with E-state index in [0.29, 0.717) is 29.1 Å². The minimum Gasteiger partial charge on any atom is -0.504 e. The highest BCUT2D eigenvalue weighted by Crippen LogP contribution is 2.66. The van der Waals surface area contributed by atoms with Crippen molar-refractivity contribution in [1.29, 1.82) is 0 Å². The van der Waals surface area contributed by atoms with Gasteiger partial charge in [-0.1, -0.05) is 34.1 Å². The van der Waals surface area contributed by atoms with Gasteiger partial charge < -0.3 is 14.6 Å². The van der Waals surface area contributed by atoms with Crippen LogP contribution in [0.4, 0.5) is 0 Å². The zero-order valence-corrected chi connectivity index (χ0v) is 16.3. The molecule has 0 bridgehead atoms. The second-order valence-electron chi connectivity index (χ2n) is 9.74. The van der Waals surface area contributed by atoms with Crippen LogP contribution >= 0.6 is 0 Å². The Morgan fingerprint density at radius 3 is 2.56 bits per heavy atom. The van der Waals surface area contributed by atoms with Crippen molar-refractivity contribution in [1.82, 2.24) is 0 Å². The summed E-state index contributed by atoms with van der Waals surface area (Å²) in [7, 11) is 1.66. The maximum absolute atomic E-state index is 10.4. The lowest BCUT2D eigenvalue weighted by atomic mass is 9.42. The predicted molar refractivity (Wildman–Crippen MR) is 99.5 cm³/mol. The molecule has 0 radical (unpaired) electrons. The maximum atomic E-state index is 10.4. The molecule has 2 fully saturated rings. The third-order valence-corrected chi connectivity index (χ3v) is 8.08. The molecule has 1 aromatic rings.